The summed E-state index contributed by atoms with van der Waals surface area (Å²) in [7, 11) is 0. The number of aromatic amines is 2. The Hall–Kier alpha value is -4.60. The summed E-state index contributed by atoms with van der Waals surface area (Å²) in [5, 5.41) is 0. The Morgan fingerprint density at radius 2 is 1.06 bits per heavy atom. The van der Waals surface area contributed by atoms with E-state index in [1.54, 1.807) is 0 Å². The molecule has 6 atom stereocenters. The number of likely N-dealkylation sites (tertiary alicyclic amines) is 2. The lowest BCUT2D eigenvalue weighted by Gasteiger charge is -2.31. The van der Waals surface area contributed by atoms with E-state index in [0.717, 1.165) is 85.5 Å². The number of imidazole rings is 2. The molecule has 9 rings (SSSR count). The molecule has 4 fully saturated rings. The second-order valence-electron chi connectivity index (χ2n) is 17.7. The number of hydrogen-bond donors (Lipinski definition) is 2. The summed E-state index contributed by atoms with van der Waals surface area (Å²) >= 11 is 0. The Balaban J connectivity index is 0.929. The highest BCUT2D eigenvalue weighted by atomic mass is 16.6. The van der Waals surface area contributed by atoms with Crippen LogP contribution in [0, 0.1) is 11.8 Å². The van der Waals surface area contributed by atoms with Crippen LogP contribution in [0.3, 0.4) is 0 Å². The Morgan fingerprint density at radius 1 is 0.635 bits per heavy atom. The first-order valence-corrected chi connectivity index (χ1v) is 19.2. The molecule has 2 aliphatic heterocycles. The molecule has 0 radical (unpaired) electrons. The topological polar surface area (TPSA) is 116 Å². The highest BCUT2D eigenvalue weighted by Gasteiger charge is 2.50. The standard InChI is InChI=1S/C42H50N6O4/c1-41(2,3)51-39(49)47-33-11-7-9-25(33)19-35(47)37-43-21-31(45-37)23-13-15-27-29(17-23)28-16-14-24(18-30(27)28)32-22-44-38(46-32)36-20-26-10-8-12-34(26)48(36)40(50)52-42(4,5)6/h13-18,21-22,25-26,33-36H,7-12,19-20H2,1-6H3,(H,43,45)(H,44,46)/t25?,26?,33?,34?,35-,36?/m0/s1. The lowest BCUT2D eigenvalue weighted by atomic mass is 9.78. The van der Waals surface area contributed by atoms with E-state index in [2.05, 4.69) is 46.4 Å². The van der Waals surface area contributed by atoms with Gasteiger partial charge in [0.1, 0.15) is 22.9 Å². The molecule has 4 aromatic rings. The summed E-state index contributed by atoms with van der Waals surface area (Å²) < 4.78 is 11.7. The summed E-state index contributed by atoms with van der Waals surface area (Å²) in [5.74, 6) is 2.65. The zero-order valence-corrected chi connectivity index (χ0v) is 31.2. The van der Waals surface area contributed by atoms with Crippen LogP contribution < -0.4 is 0 Å². The molecule has 2 N–H and O–H groups in total. The molecule has 0 bridgehead atoms. The van der Waals surface area contributed by atoms with Crippen molar-refractivity contribution >= 4 is 12.2 Å². The summed E-state index contributed by atoms with van der Waals surface area (Å²) in [4.78, 5) is 47.6. The molecule has 0 spiro atoms. The number of nitrogens with one attached hydrogen (secondary N) is 2. The molecule has 2 aromatic carbocycles. The van der Waals surface area contributed by atoms with Crippen molar-refractivity contribution in [1.82, 2.24) is 29.7 Å². The molecule has 3 aliphatic carbocycles. The summed E-state index contributed by atoms with van der Waals surface area (Å²) in [6.45, 7) is 11.5. The number of nitrogens with zero attached hydrogens (tertiary/aromatic N) is 4. The molecule has 2 amide bonds. The van der Waals surface area contributed by atoms with Crippen molar-refractivity contribution in [2.75, 3.05) is 0 Å². The molecule has 5 aliphatic rings. The van der Waals surface area contributed by atoms with E-state index >= 15 is 0 Å². The first kappa shape index (κ1) is 33.3. The van der Waals surface area contributed by atoms with E-state index in [0.29, 0.717) is 11.8 Å². The van der Waals surface area contributed by atoms with Gasteiger partial charge in [-0.25, -0.2) is 19.6 Å². The number of H-pyrrole nitrogens is 2. The molecule has 2 saturated carbocycles. The smallest absolute Gasteiger partial charge is 0.411 e. The van der Waals surface area contributed by atoms with Crippen molar-refractivity contribution in [2.24, 2.45) is 11.8 Å². The quantitative estimate of drug-likeness (QED) is 0.193. The minimum atomic E-state index is -0.545. The Bertz CT molecular complexity index is 1890. The Labute approximate surface area is 305 Å². The van der Waals surface area contributed by atoms with Crippen LogP contribution in [0.1, 0.15) is 117 Å². The predicted octanol–water partition coefficient (Wildman–Crippen LogP) is 9.82. The molecule has 4 heterocycles. The van der Waals surface area contributed by atoms with E-state index in [1.165, 1.54) is 22.3 Å². The van der Waals surface area contributed by atoms with Crippen LogP contribution in [-0.2, 0) is 9.47 Å². The monoisotopic (exact) mass is 702 g/mol. The van der Waals surface area contributed by atoms with E-state index in [1.807, 2.05) is 63.7 Å². The van der Waals surface area contributed by atoms with Crippen molar-refractivity contribution in [3.05, 3.63) is 60.4 Å². The van der Waals surface area contributed by atoms with Crippen LogP contribution >= 0.6 is 0 Å². The number of ether oxygens (including phenoxy) is 2. The lowest BCUT2D eigenvalue weighted by molar-refractivity contribution is 0.0120. The number of benzene rings is 2. The highest BCUT2D eigenvalue weighted by molar-refractivity contribution is 6.04. The van der Waals surface area contributed by atoms with Gasteiger partial charge in [-0.05, 0) is 126 Å². The maximum Gasteiger partial charge on any atom is 0.411 e. The maximum atomic E-state index is 13.4. The van der Waals surface area contributed by atoms with Gasteiger partial charge in [-0.3, -0.25) is 9.80 Å². The molecule has 2 aromatic heterocycles. The minimum Gasteiger partial charge on any atom is -0.444 e. The molecule has 2 saturated heterocycles. The normalized spacial score (nSPS) is 26.1. The van der Waals surface area contributed by atoms with Gasteiger partial charge in [-0.1, -0.05) is 37.1 Å². The maximum absolute atomic E-state index is 13.4. The van der Waals surface area contributed by atoms with Crippen molar-refractivity contribution in [3.8, 4) is 44.8 Å². The number of carbonyl (C=O) groups is 2. The number of aromatic nitrogens is 4. The van der Waals surface area contributed by atoms with Gasteiger partial charge in [0.15, 0.2) is 0 Å². The molecular formula is C42H50N6O4. The Morgan fingerprint density at radius 3 is 1.46 bits per heavy atom. The zero-order valence-electron chi connectivity index (χ0n) is 31.2. The molecule has 10 heteroatoms. The zero-order chi connectivity index (χ0) is 36.1. The number of hydrogen-bond acceptors (Lipinski definition) is 6. The van der Waals surface area contributed by atoms with Gasteiger partial charge in [0.05, 0.1) is 35.9 Å². The molecule has 10 nitrogen and oxygen atoms in total. The first-order valence-electron chi connectivity index (χ1n) is 19.2. The average molecular weight is 703 g/mol. The van der Waals surface area contributed by atoms with Crippen LogP contribution in [0.5, 0.6) is 0 Å². The fourth-order valence-corrected chi connectivity index (χ4v) is 9.80. The van der Waals surface area contributed by atoms with E-state index in [-0.39, 0.29) is 36.4 Å². The van der Waals surface area contributed by atoms with Gasteiger partial charge in [-0.2, -0.15) is 0 Å². The molecular weight excluding hydrogens is 652 g/mol. The van der Waals surface area contributed by atoms with Gasteiger partial charge in [0, 0.05) is 23.2 Å². The Kier molecular flexibility index (Phi) is 7.65. The van der Waals surface area contributed by atoms with Crippen molar-refractivity contribution in [2.45, 2.75) is 128 Å². The van der Waals surface area contributed by atoms with Gasteiger partial charge in [0.25, 0.3) is 0 Å². The SMILES string of the molecule is CC(C)(C)OC(=O)N1C(c2ncc(-c3ccc4c(c3)-c3ccc(-c5cnc([C@@H]6CC7CCCC7N6C(=O)OC(C)(C)C)[nH]5)cc3-4)[nH]2)CC2CCCC21. The van der Waals surface area contributed by atoms with Gasteiger partial charge >= 0.3 is 12.2 Å². The van der Waals surface area contributed by atoms with Crippen LogP contribution in [0.4, 0.5) is 9.59 Å². The van der Waals surface area contributed by atoms with E-state index < -0.39 is 11.2 Å². The molecule has 52 heavy (non-hydrogen) atoms. The fourth-order valence-electron chi connectivity index (χ4n) is 9.80. The third-order valence-corrected chi connectivity index (χ3v) is 11.9. The van der Waals surface area contributed by atoms with Crippen LogP contribution in [-0.4, -0.2) is 65.2 Å². The van der Waals surface area contributed by atoms with Gasteiger partial charge in [-0.15, -0.1) is 0 Å². The van der Waals surface area contributed by atoms with Crippen molar-refractivity contribution in [1.29, 1.82) is 0 Å². The summed E-state index contributed by atoms with van der Waals surface area (Å²) in [6, 6.07) is 13.4. The average Bonchev–Trinajstić information content (AvgIpc) is 3.89. The number of amides is 2. The number of fused-ring (bicyclic) bond motifs is 6. The highest BCUT2D eigenvalue weighted by Crippen LogP contribution is 2.51. The fraction of sp³-hybridized carbons (Fsp3) is 0.524. The van der Waals surface area contributed by atoms with Gasteiger partial charge in [0.2, 0.25) is 0 Å². The van der Waals surface area contributed by atoms with E-state index in [9.17, 15) is 9.59 Å². The molecule has 272 valence electrons. The third kappa shape index (κ3) is 5.69. The second kappa shape index (κ2) is 12.0. The predicted molar refractivity (Wildman–Crippen MR) is 199 cm³/mol. The summed E-state index contributed by atoms with van der Waals surface area (Å²) in [6.07, 6.45) is 11.8. The third-order valence-electron chi connectivity index (χ3n) is 11.9. The second-order valence-corrected chi connectivity index (χ2v) is 17.7. The summed E-state index contributed by atoms with van der Waals surface area (Å²) in [5.41, 5.74) is 7.84. The number of carbonyl (C=O) groups excluding carboxylic acids is 2. The van der Waals surface area contributed by atoms with Crippen LogP contribution in [0.25, 0.3) is 44.8 Å². The van der Waals surface area contributed by atoms with Crippen molar-refractivity contribution < 1.29 is 19.1 Å². The first-order chi connectivity index (χ1) is 24.8. The van der Waals surface area contributed by atoms with Crippen LogP contribution in [0.2, 0.25) is 0 Å². The van der Waals surface area contributed by atoms with E-state index in [4.69, 9.17) is 19.4 Å². The lowest BCUT2D eigenvalue weighted by Crippen LogP contribution is -2.41. The van der Waals surface area contributed by atoms with Gasteiger partial charge < -0.3 is 19.4 Å². The largest absolute Gasteiger partial charge is 0.444 e. The van der Waals surface area contributed by atoms with Crippen molar-refractivity contribution in [3.63, 3.8) is 0 Å². The molecule has 5 unspecified atom stereocenters. The van der Waals surface area contributed by atoms with Crippen LogP contribution in [0.15, 0.2) is 48.8 Å². The number of rotatable bonds is 4. The minimum absolute atomic E-state index is 0.110.